The van der Waals surface area contributed by atoms with Gasteiger partial charge in [0.2, 0.25) is 10.0 Å². The zero-order chi connectivity index (χ0) is 18.8. The molecule has 134 valence electrons. The van der Waals surface area contributed by atoms with Gasteiger partial charge in [-0.3, -0.25) is 9.52 Å². The van der Waals surface area contributed by atoms with Crippen molar-refractivity contribution in [3.05, 3.63) is 59.4 Å². The highest BCUT2D eigenvalue weighted by Crippen LogP contribution is 2.33. The van der Waals surface area contributed by atoms with Gasteiger partial charge in [-0.15, -0.1) is 0 Å². The summed E-state index contributed by atoms with van der Waals surface area (Å²) in [6, 6.07) is 7.01. The average Bonchev–Trinajstić information content (AvgIpc) is 2.46. The molecule has 2 N–H and O–H groups in total. The Kier molecular flexibility index (Phi) is 5.02. The maximum atomic E-state index is 13.1. The highest BCUT2D eigenvalue weighted by Gasteiger charge is 2.35. The molecule has 0 unspecified atom stereocenters. The number of anilines is 2. The van der Waals surface area contributed by atoms with Gasteiger partial charge in [-0.2, -0.15) is 13.2 Å². The lowest BCUT2D eigenvalue weighted by Crippen LogP contribution is -2.19. The number of hydrogen-bond donors (Lipinski definition) is 2. The van der Waals surface area contributed by atoms with Gasteiger partial charge in [0, 0.05) is 11.4 Å². The minimum absolute atomic E-state index is 0.140. The van der Waals surface area contributed by atoms with Crippen molar-refractivity contribution >= 4 is 27.3 Å². The van der Waals surface area contributed by atoms with Crippen molar-refractivity contribution in [1.29, 1.82) is 0 Å². The Balaban J connectivity index is 2.23. The SMILES string of the molecule is CS(=O)(=O)Nc1ccc(NC(=O)c2ccc(F)cc2C(F)(F)F)cc1. The third-order valence-corrected chi connectivity index (χ3v) is 3.58. The molecule has 0 aliphatic rings. The number of nitrogens with one attached hydrogen (secondary N) is 2. The summed E-state index contributed by atoms with van der Waals surface area (Å²) in [7, 11) is -3.48. The maximum Gasteiger partial charge on any atom is 0.417 e. The molecule has 0 saturated heterocycles. The van der Waals surface area contributed by atoms with Crippen LogP contribution in [-0.4, -0.2) is 20.6 Å². The van der Waals surface area contributed by atoms with Gasteiger partial charge in [0.05, 0.1) is 17.4 Å². The lowest BCUT2D eigenvalue weighted by molar-refractivity contribution is -0.138. The van der Waals surface area contributed by atoms with Gasteiger partial charge in [0.1, 0.15) is 5.82 Å². The van der Waals surface area contributed by atoms with Crippen LogP contribution < -0.4 is 10.0 Å². The zero-order valence-corrected chi connectivity index (χ0v) is 13.5. The Hall–Kier alpha value is -2.62. The number of amides is 1. The van der Waals surface area contributed by atoms with Crippen LogP contribution in [0.1, 0.15) is 15.9 Å². The van der Waals surface area contributed by atoms with Crippen LogP contribution in [0.15, 0.2) is 42.5 Å². The molecule has 2 rings (SSSR count). The van der Waals surface area contributed by atoms with Crippen molar-refractivity contribution in [2.45, 2.75) is 6.18 Å². The summed E-state index contributed by atoms with van der Waals surface area (Å²) < 4.78 is 76.2. The molecule has 0 fully saturated rings. The second kappa shape index (κ2) is 6.71. The number of halogens is 4. The summed E-state index contributed by atoms with van der Waals surface area (Å²) in [5.41, 5.74) is -1.76. The highest BCUT2D eigenvalue weighted by atomic mass is 32.2. The van der Waals surface area contributed by atoms with Gasteiger partial charge in [-0.1, -0.05) is 0 Å². The Morgan fingerprint density at radius 2 is 1.56 bits per heavy atom. The molecule has 1 amide bonds. The molecular formula is C15H12F4N2O3S. The monoisotopic (exact) mass is 376 g/mol. The molecule has 2 aromatic carbocycles. The topological polar surface area (TPSA) is 75.3 Å². The number of alkyl halides is 3. The number of carbonyl (C=O) groups excluding carboxylic acids is 1. The summed E-state index contributed by atoms with van der Waals surface area (Å²) in [6.07, 6.45) is -3.94. The lowest BCUT2D eigenvalue weighted by atomic mass is 10.1. The number of sulfonamides is 1. The van der Waals surface area contributed by atoms with E-state index in [-0.39, 0.29) is 17.4 Å². The predicted octanol–water partition coefficient (Wildman–Crippen LogP) is 3.47. The van der Waals surface area contributed by atoms with E-state index in [4.69, 9.17) is 0 Å². The largest absolute Gasteiger partial charge is 0.417 e. The van der Waals surface area contributed by atoms with Gasteiger partial charge < -0.3 is 5.32 Å². The molecule has 0 aromatic heterocycles. The number of hydrogen-bond acceptors (Lipinski definition) is 3. The Morgan fingerprint density at radius 3 is 2.08 bits per heavy atom. The van der Waals surface area contributed by atoms with Crippen LogP contribution in [0.25, 0.3) is 0 Å². The van der Waals surface area contributed by atoms with Crippen molar-refractivity contribution < 1.29 is 30.8 Å². The fourth-order valence-electron chi connectivity index (χ4n) is 1.98. The van der Waals surface area contributed by atoms with Gasteiger partial charge in [-0.05, 0) is 42.5 Å². The molecule has 25 heavy (non-hydrogen) atoms. The number of rotatable bonds is 4. The van der Waals surface area contributed by atoms with E-state index in [2.05, 4.69) is 10.0 Å². The van der Waals surface area contributed by atoms with Gasteiger partial charge in [0.25, 0.3) is 5.91 Å². The first-order valence-corrected chi connectivity index (χ1v) is 8.61. The van der Waals surface area contributed by atoms with E-state index in [1.54, 1.807) is 0 Å². The Bertz CT molecular complexity index is 894. The van der Waals surface area contributed by atoms with Crippen LogP contribution in [0.2, 0.25) is 0 Å². The van der Waals surface area contributed by atoms with Crippen LogP contribution in [0.3, 0.4) is 0 Å². The molecule has 0 bridgehead atoms. The Morgan fingerprint density at radius 1 is 1.00 bits per heavy atom. The molecule has 0 spiro atoms. The first-order valence-electron chi connectivity index (χ1n) is 6.72. The molecule has 0 atom stereocenters. The lowest BCUT2D eigenvalue weighted by Gasteiger charge is -2.13. The third-order valence-electron chi connectivity index (χ3n) is 2.98. The molecule has 0 heterocycles. The van der Waals surface area contributed by atoms with Crippen LogP contribution in [0.5, 0.6) is 0 Å². The summed E-state index contributed by atoms with van der Waals surface area (Å²) in [6.45, 7) is 0. The Labute approximate surface area is 140 Å². The van der Waals surface area contributed by atoms with Crippen molar-refractivity contribution in [3.63, 3.8) is 0 Å². The van der Waals surface area contributed by atoms with E-state index < -0.39 is 39.1 Å². The van der Waals surface area contributed by atoms with Gasteiger partial charge in [0.15, 0.2) is 0 Å². The predicted molar refractivity (Wildman–Crippen MR) is 84.3 cm³/mol. The second-order valence-corrected chi connectivity index (χ2v) is 6.84. The van der Waals surface area contributed by atoms with Crippen molar-refractivity contribution in [2.75, 3.05) is 16.3 Å². The second-order valence-electron chi connectivity index (χ2n) is 5.09. The normalized spacial score (nSPS) is 11.9. The van der Waals surface area contributed by atoms with E-state index in [1.165, 1.54) is 24.3 Å². The van der Waals surface area contributed by atoms with E-state index in [0.717, 1.165) is 18.4 Å². The maximum absolute atomic E-state index is 13.1. The molecular weight excluding hydrogens is 364 g/mol. The minimum Gasteiger partial charge on any atom is -0.322 e. The van der Waals surface area contributed by atoms with E-state index in [0.29, 0.717) is 0 Å². The minimum atomic E-state index is -4.89. The molecule has 2 aromatic rings. The summed E-state index contributed by atoms with van der Waals surface area (Å²) in [4.78, 5) is 12.1. The number of benzene rings is 2. The quantitative estimate of drug-likeness (QED) is 0.803. The average molecular weight is 376 g/mol. The standard InChI is InChI=1S/C15H12F4N2O3S/c1-25(23,24)21-11-5-3-10(4-6-11)20-14(22)12-7-2-9(16)8-13(12)15(17,18)19/h2-8,21H,1H3,(H,20,22). The zero-order valence-electron chi connectivity index (χ0n) is 12.7. The van der Waals surface area contributed by atoms with Crippen molar-refractivity contribution in [2.24, 2.45) is 0 Å². The van der Waals surface area contributed by atoms with Crippen LogP contribution >= 0.6 is 0 Å². The summed E-state index contributed by atoms with van der Waals surface area (Å²) in [5.74, 6) is -2.18. The van der Waals surface area contributed by atoms with E-state index in [1.807, 2.05) is 0 Å². The molecule has 0 radical (unpaired) electrons. The fourth-order valence-corrected chi connectivity index (χ4v) is 2.55. The fraction of sp³-hybridized carbons (Fsp3) is 0.133. The van der Waals surface area contributed by atoms with Gasteiger partial charge >= 0.3 is 6.18 Å². The molecule has 0 aliphatic heterocycles. The summed E-state index contributed by atoms with van der Waals surface area (Å²) in [5, 5.41) is 2.24. The first-order chi connectivity index (χ1) is 11.5. The first kappa shape index (κ1) is 18.7. The smallest absolute Gasteiger partial charge is 0.322 e. The molecule has 0 aliphatic carbocycles. The number of carbonyl (C=O) groups is 1. The van der Waals surface area contributed by atoms with Crippen LogP contribution in [0.4, 0.5) is 28.9 Å². The van der Waals surface area contributed by atoms with Crippen molar-refractivity contribution in [3.8, 4) is 0 Å². The van der Waals surface area contributed by atoms with E-state index in [9.17, 15) is 30.8 Å². The molecule has 0 saturated carbocycles. The molecule has 5 nitrogen and oxygen atoms in total. The van der Waals surface area contributed by atoms with Crippen LogP contribution in [0, 0.1) is 5.82 Å². The van der Waals surface area contributed by atoms with Gasteiger partial charge in [-0.25, -0.2) is 12.8 Å². The summed E-state index contributed by atoms with van der Waals surface area (Å²) >= 11 is 0. The third kappa shape index (κ3) is 5.18. The molecule has 10 heteroatoms. The highest BCUT2D eigenvalue weighted by molar-refractivity contribution is 7.92. The van der Waals surface area contributed by atoms with E-state index >= 15 is 0 Å². The van der Waals surface area contributed by atoms with Crippen molar-refractivity contribution in [1.82, 2.24) is 0 Å². The van der Waals surface area contributed by atoms with Crippen LogP contribution in [-0.2, 0) is 16.2 Å².